The van der Waals surface area contributed by atoms with Gasteiger partial charge in [0.05, 0.1) is 4.90 Å². The molecule has 1 aromatic carbocycles. The van der Waals surface area contributed by atoms with Crippen molar-refractivity contribution in [3.63, 3.8) is 0 Å². The molecule has 0 amide bonds. The Bertz CT molecular complexity index is 636. The second-order valence-corrected chi connectivity index (χ2v) is 5.33. The molecule has 0 aromatic heterocycles. The first-order valence-electron chi connectivity index (χ1n) is 3.52. The fourth-order valence-electron chi connectivity index (χ4n) is 0.981. The Balaban J connectivity index is 0. The van der Waals surface area contributed by atoms with Crippen molar-refractivity contribution in [2.75, 3.05) is 0 Å². The maximum absolute atomic E-state index is 10.6. The van der Waals surface area contributed by atoms with Gasteiger partial charge in [0.15, 0.2) is 11.5 Å². The van der Waals surface area contributed by atoms with Crippen molar-refractivity contribution >= 4 is 20.2 Å². The summed E-state index contributed by atoms with van der Waals surface area (Å²) in [5.41, 5.74) is 0. The van der Waals surface area contributed by atoms with Gasteiger partial charge in [-0.05, 0) is 12.1 Å². The third-order valence-electron chi connectivity index (χ3n) is 1.59. The zero-order chi connectivity index (χ0) is 12.7. The van der Waals surface area contributed by atoms with Crippen LogP contribution in [0, 0.1) is 0 Å². The minimum atomic E-state index is -5.41. The zero-order valence-electron chi connectivity index (χ0n) is 9.32. The smallest absolute Gasteiger partial charge is 0.744 e. The van der Waals surface area contributed by atoms with Crippen LogP contribution in [0.3, 0.4) is 0 Å². The minimum absolute atomic E-state index is 0. The fourth-order valence-corrected chi connectivity index (χ4v) is 2.81. The predicted molar refractivity (Wildman–Crippen MR) is 45.7 cm³/mol. The van der Waals surface area contributed by atoms with Crippen molar-refractivity contribution in [2.45, 2.75) is 9.79 Å². The second kappa shape index (κ2) is 7.79. The first-order chi connectivity index (χ1) is 7.05. The van der Waals surface area contributed by atoms with E-state index in [4.69, 9.17) is 10.2 Å². The largest absolute Gasteiger partial charge is 1.00 e. The van der Waals surface area contributed by atoms with Gasteiger partial charge in [-0.15, -0.1) is 0 Å². The molecule has 0 saturated heterocycles. The van der Waals surface area contributed by atoms with Gasteiger partial charge < -0.3 is 19.3 Å². The second-order valence-electron chi connectivity index (χ2n) is 2.67. The summed E-state index contributed by atoms with van der Waals surface area (Å²) in [7, 11) is -10.7. The van der Waals surface area contributed by atoms with E-state index in [1.807, 2.05) is 0 Å². The maximum atomic E-state index is 10.6. The molecule has 0 atom stereocenters. The third-order valence-corrected chi connectivity index (χ3v) is 3.51. The van der Waals surface area contributed by atoms with E-state index >= 15 is 0 Å². The first kappa shape index (κ1) is 22.2. The van der Waals surface area contributed by atoms with E-state index in [1.54, 1.807) is 0 Å². The molecule has 1 aromatic rings. The number of benzene rings is 1. The van der Waals surface area contributed by atoms with Gasteiger partial charge in [0.25, 0.3) is 0 Å². The summed E-state index contributed by atoms with van der Waals surface area (Å²) < 4.78 is 63.8. The average Bonchev–Trinajstić information content (AvgIpc) is 2.05. The number of aromatic hydroxyl groups is 2. The summed E-state index contributed by atoms with van der Waals surface area (Å²) in [6.07, 6.45) is 0. The molecule has 0 unspecified atom stereocenters. The van der Waals surface area contributed by atoms with Crippen LogP contribution in [-0.4, -0.2) is 36.2 Å². The van der Waals surface area contributed by atoms with Crippen LogP contribution in [0.15, 0.2) is 21.9 Å². The van der Waals surface area contributed by atoms with Gasteiger partial charge in [-0.1, -0.05) is 0 Å². The van der Waals surface area contributed by atoms with E-state index in [-0.39, 0.29) is 103 Å². The molecule has 18 heavy (non-hydrogen) atoms. The fraction of sp³-hybridized carbons (Fsp3) is 0. The Kier molecular flexibility index (Phi) is 9.61. The van der Waals surface area contributed by atoms with E-state index < -0.39 is 41.5 Å². The molecule has 2 N–H and O–H groups in total. The number of hydrogen-bond acceptors (Lipinski definition) is 8. The normalized spacial score (nSPS) is 11.2. The van der Waals surface area contributed by atoms with Gasteiger partial charge in [-0.25, -0.2) is 16.8 Å². The molecule has 0 fully saturated rings. The van der Waals surface area contributed by atoms with E-state index in [9.17, 15) is 25.9 Å². The van der Waals surface area contributed by atoms with Gasteiger partial charge in [-0.2, -0.15) is 0 Å². The van der Waals surface area contributed by atoms with Crippen molar-refractivity contribution in [1.82, 2.24) is 0 Å². The van der Waals surface area contributed by atoms with Gasteiger partial charge in [0.2, 0.25) is 0 Å². The molecule has 0 spiro atoms. The standard InChI is InChI=1S/C6H6O8S2.2K/c7-3-1-2-4(15(9,10)11)6(5(3)8)16(12,13)14;;/h1-2,7-8H,(H,9,10,11)(H,12,13,14);;/q;2*+1/p-2. The molecule has 90 valence electrons. The summed E-state index contributed by atoms with van der Waals surface area (Å²) in [4.78, 5) is -3.06. The van der Waals surface area contributed by atoms with Crippen LogP contribution < -0.4 is 103 Å². The van der Waals surface area contributed by atoms with Gasteiger partial charge in [0.1, 0.15) is 25.1 Å². The molecule has 1 rings (SSSR count). The van der Waals surface area contributed by atoms with Crippen molar-refractivity contribution in [1.29, 1.82) is 0 Å². The van der Waals surface area contributed by atoms with E-state index in [0.717, 1.165) is 0 Å². The number of phenols is 2. The third kappa shape index (κ3) is 5.36. The van der Waals surface area contributed by atoms with Crippen LogP contribution >= 0.6 is 0 Å². The zero-order valence-corrected chi connectivity index (χ0v) is 17.2. The van der Waals surface area contributed by atoms with Crippen molar-refractivity contribution in [3.8, 4) is 11.5 Å². The molecular formula is C6H4K2O8S2. The number of rotatable bonds is 2. The SMILES string of the molecule is O=S(=O)([O-])c1ccc(O)c(O)c1S(=O)(=O)[O-].[K+].[K+]. The van der Waals surface area contributed by atoms with E-state index in [2.05, 4.69) is 0 Å². The minimum Gasteiger partial charge on any atom is -0.744 e. The van der Waals surface area contributed by atoms with Crippen LogP contribution in [0.2, 0.25) is 0 Å². The van der Waals surface area contributed by atoms with Crippen LogP contribution in [0.25, 0.3) is 0 Å². The molecule has 0 aliphatic heterocycles. The Hall–Kier alpha value is 1.91. The maximum Gasteiger partial charge on any atom is 1.00 e. The number of phenolic OH excluding ortho intramolecular Hbond substituents is 2. The molecule has 0 radical (unpaired) electrons. The van der Waals surface area contributed by atoms with Crippen LogP contribution in [0.1, 0.15) is 0 Å². The summed E-state index contributed by atoms with van der Waals surface area (Å²) in [6.45, 7) is 0. The molecular weight excluding hydrogens is 342 g/mol. The number of hydrogen-bond donors (Lipinski definition) is 2. The summed E-state index contributed by atoms with van der Waals surface area (Å²) in [6, 6.07) is 0.997. The molecule has 8 nitrogen and oxygen atoms in total. The summed E-state index contributed by atoms with van der Waals surface area (Å²) in [5, 5.41) is 17.9. The predicted octanol–water partition coefficient (Wildman–Crippen LogP) is -7.09. The van der Waals surface area contributed by atoms with Gasteiger partial charge >= 0.3 is 103 Å². The Morgan fingerprint density at radius 1 is 0.889 bits per heavy atom. The Labute approximate surface area is 188 Å². The van der Waals surface area contributed by atoms with E-state index in [1.165, 1.54) is 0 Å². The van der Waals surface area contributed by atoms with Crippen LogP contribution in [-0.2, 0) is 20.2 Å². The first-order valence-corrected chi connectivity index (χ1v) is 6.33. The van der Waals surface area contributed by atoms with Crippen molar-refractivity contribution in [3.05, 3.63) is 12.1 Å². The van der Waals surface area contributed by atoms with Crippen LogP contribution in [0.5, 0.6) is 11.5 Å². The van der Waals surface area contributed by atoms with E-state index in [0.29, 0.717) is 12.1 Å². The molecule has 0 aliphatic rings. The van der Waals surface area contributed by atoms with Crippen molar-refractivity contribution < 1.29 is 139 Å². The molecule has 12 heteroatoms. The Morgan fingerprint density at radius 3 is 1.67 bits per heavy atom. The molecule has 0 saturated carbocycles. The molecule has 0 heterocycles. The van der Waals surface area contributed by atoms with Crippen molar-refractivity contribution in [2.24, 2.45) is 0 Å². The monoisotopic (exact) mass is 346 g/mol. The summed E-state index contributed by atoms with van der Waals surface area (Å²) in [5.74, 6) is -2.49. The summed E-state index contributed by atoms with van der Waals surface area (Å²) >= 11 is 0. The molecule has 0 bridgehead atoms. The topological polar surface area (TPSA) is 155 Å². The van der Waals surface area contributed by atoms with Gasteiger partial charge in [-0.3, -0.25) is 0 Å². The Morgan fingerprint density at radius 2 is 1.33 bits per heavy atom. The quantitative estimate of drug-likeness (QED) is 0.304. The van der Waals surface area contributed by atoms with Crippen LogP contribution in [0.4, 0.5) is 0 Å². The average molecular weight is 346 g/mol. The van der Waals surface area contributed by atoms with Gasteiger partial charge in [0, 0.05) is 0 Å². The molecule has 0 aliphatic carbocycles.